The zero-order valence-electron chi connectivity index (χ0n) is 16.3. The third-order valence-corrected chi connectivity index (χ3v) is 7.73. The predicted octanol–water partition coefficient (Wildman–Crippen LogP) is 3.19. The number of hydrogen-bond acceptors (Lipinski definition) is 4. The largest absolute Gasteiger partial charge is 0.481 e. The number of fused-ring (bicyclic) bond motifs is 2. The molecule has 9 unspecified atom stereocenters. The second kappa shape index (κ2) is 7.36. The van der Waals surface area contributed by atoms with Crippen LogP contribution >= 0.6 is 0 Å². The number of carbonyl (C=O) groups is 2. The molecule has 2 saturated carbocycles. The maximum Gasteiger partial charge on any atom is 0.306 e. The van der Waals surface area contributed by atoms with Gasteiger partial charge in [-0.1, -0.05) is 13.8 Å². The Labute approximate surface area is 160 Å². The van der Waals surface area contributed by atoms with Gasteiger partial charge in [0, 0.05) is 6.42 Å². The van der Waals surface area contributed by atoms with Crippen LogP contribution in [0.15, 0.2) is 0 Å². The van der Waals surface area contributed by atoms with Gasteiger partial charge in [0.05, 0.1) is 30.3 Å². The van der Waals surface area contributed by atoms with Gasteiger partial charge < -0.3 is 19.7 Å². The molecule has 0 aromatic rings. The highest BCUT2D eigenvalue weighted by Crippen LogP contribution is 2.54. The van der Waals surface area contributed by atoms with E-state index in [0.717, 1.165) is 25.7 Å². The molecule has 0 amide bonds. The highest BCUT2D eigenvalue weighted by Gasteiger charge is 2.56. The lowest BCUT2D eigenvalue weighted by Gasteiger charge is -2.44. The summed E-state index contributed by atoms with van der Waals surface area (Å²) in [6.07, 6.45) is 6.26. The zero-order chi connectivity index (χ0) is 19.3. The topological polar surface area (TPSA) is 99.7 Å². The Morgan fingerprint density at radius 1 is 0.889 bits per heavy atom. The van der Waals surface area contributed by atoms with E-state index >= 15 is 0 Å². The standard InChI is InChI=1S/C21H32O6/c1-10-6-15-17(26-15)8-13(10)20(12(21(24)25)4-3-5-19(22)23)14-9-18-16(27-18)7-11(14)2/h10-18,20H,3-9H2,1-2H3,(H,22,23)(H,24,25). The van der Waals surface area contributed by atoms with Gasteiger partial charge in [-0.2, -0.15) is 0 Å². The maximum absolute atomic E-state index is 12.3. The molecule has 2 heterocycles. The number of rotatable bonds is 8. The Kier molecular flexibility index (Phi) is 5.23. The number of carboxylic acids is 2. The van der Waals surface area contributed by atoms with E-state index in [9.17, 15) is 14.7 Å². The Hall–Kier alpha value is -1.14. The van der Waals surface area contributed by atoms with Crippen LogP contribution in [0.2, 0.25) is 0 Å². The van der Waals surface area contributed by atoms with E-state index in [-0.39, 0.29) is 12.3 Å². The minimum Gasteiger partial charge on any atom is -0.481 e. The average Bonchev–Trinajstić information content (AvgIpc) is 3.48. The molecule has 152 valence electrons. The third-order valence-electron chi connectivity index (χ3n) is 7.73. The fourth-order valence-corrected chi connectivity index (χ4v) is 6.21. The molecule has 0 bridgehead atoms. The van der Waals surface area contributed by atoms with Crippen LogP contribution in [-0.4, -0.2) is 46.6 Å². The van der Waals surface area contributed by atoms with Crippen molar-refractivity contribution in [3.63, 3.8) is 0 Å². The summed E-state index contributed by atoms with van der Waals surface area (Å²) in [5.74, 6) is -0.440. The zero-order valence-corrected chi connectivity index (χ0v) is 16.3. The highest BCUT2D eigenvalue weighted by atomic mass is 16.6. The maximum atomic E-state index is 12.3. The Morgan fingerprint density at radius 3 is 1.81 bits per heavy atom. The van der Waals surface area contributed by atoms with Crippen molar-refractivity contribution in [1.82, 2.24) is 0 Å². The lowest BCUT2D eigenvalue weighted by Crippen LogP contribution is -2.44. The van der Waals surface area contributed by atoms with Gasteiger partial charge in [-0.15, -0.1) is 0 Å². The van der Waals surface area contributed by atoms with Crippen LogP contribution in [0.5, 0.6) is 0 Å². The lowest BCUT2D eigenvalue weighted by molar-refractivity contribution is -0.148. The van der Waals surface area contributed by atoms with Crippen molar-refractivity contribution in [2.75, 3.05) is 0 Å². The molecule has 0 spiro atoms. The first-order valence-corrected chi connectivity index (χ1v) is 10.6. The van der Waals surface area contributed by atoms with Crippen LogP contribution in [0, 0.1) is 35.5 Å². The van der Waals surface area contributed by atoms with Crippen molar-refractivity contribution in [3.05, 3.63) is 0 Å². The van der Waals surface area contributed by atoms with E-state index in [4.69, 9.17) is 14.6 Å². The van der Waals surface area contributed by atoms with E-state index in [2.05, 4.69) is 13.8 Å². The first-order valence-electron chi connectivity index (χ1n) is 10.6. The highest BCUT2D eigenvalue weighted by molar-refractivity contribution is 5.71. The number of aliphatic carboxylic acids is 2. The van der Waals surface area contributed by atoms with Crippen LogP contribution < -0.4 is 0 Å². The van der Waals surface area contributed by atoms with Gasteiger partial charge in [0.2, 0.25) is 0 Å². The first-order chi connectivity index (χ1) is 12.8. The van der Waals surface area contributed by atoms with E-state index in [1.165, 1.54) is 0 Å². The molecular formula is C21H32O6. The normalized spacial score (nSPS) is 44.5. The molecule has 9 atom stereocenters. The summed E-state index contributed by atoms with van der Waals surface area (Å²) in [7, 11) is 0. The summed E-state index contributed by atoms with van der Waals surface area (Å²) in [4.78, 5) is 23.2. The van der Waals surface area contributed by atoms with E-state index in [1.54, 1.807) is 0 Å². The van der Waals surface area contributed by atoms with Gasteiger partial charge in [0.25, 0.3) is 0 Å². The molecular weight excluding hydrogens is 348 g/mol. The van der Waals surface area contributed by atoms with Gasteiger partial charge in [-0.25, -0.2) is 0 Å². The van der Waals surface area contributed by atoms with Gasteiger partial charge in [-0.05, 0) is 68.1 Å². The second-order valence-corrected chi connectivity index (χ2v) is 9.46. The van der Waals surface area contributed by atoms with Crippen molar-refractivity contribution in [2.45, 2.75) is 83.2 Å². The van der Waals surface area contributed by atoms with Crippen LogP contribution in [0.4, 0.5) is 0 Å². The molecule has 0 aromatic carbocycles. The summed E-state index contributed by atoms with van der Waals surface area (Å²) < 4.78 is 11.6. The Balaban J connectivity index is 1.57. The fraction of sp³-hybridized carbons (Fsp3) is 0.905. The fourth-order valence-electron chi connectivity index (χ4n) is 6.21. The molecule has 0 aromatic heterocycles. The molecule has 6 heteroatoms. The molecule has 27 heavy (non-hydrogen) atoms. The van der Waals surface area contributed by atoms with Crippen LogP contribution in [0.1, 0.15) is 58.8 Å². The van der Waals surface area contributed by atoms with E-state index in [0.29, 0.717) is 60.9 Å². The lowest BCUT2D eigenvalue weighted by atomic mass is 9.59. The van der Waals surface area contributed by atoms with Gasteiger partial charge in [0.15, 0.2) is 0 Å². The van der Waals surface area contributed by atoms with Crippen molar-refractivity contribution >= 4 is 11.9 Å². The van der Waals surface area contributed by atoms with E-state index < -0.39 is 17.9 Å². The van der Waals surface area contributed by atoms with Crippen LogP contribution in [0.25, 0.3) is 0 Å². The second-order valence-electron chi connectivity index (χ2n) is 9.46. The van der Waals surface area contributed by atoms with E-state index in [1.807, 2.05) is 0 Å². The summed E-state index contributed by atoms with van der Waals surface area (Å²) >= 11 is 0. The summed E-state index contributed by atoms with van der Waals surface area (Å²) in [5.41, 5.74) is 0. The Bertz CT molecular complexity index is 559. The van der Waals surface area contributed by atoms with Crippen LogP contribution in [-0.2, 0) is 19.1 Å². The molecule has 0 radical (unpaired) electrons. The quantitative estimate of drug-likeness (QED) is 0.627. The molecule has 4 rings (SSSR count). The number of hydrogen-bond donors (Lipinski definition) is 2. The number of ether oxygens (including phenoxy) is 2. The van der Waals surface area contributed by atoms with Gasteiger partial charge >= 0.3 is 11.9 Å². The van der Waals surface area contributed by atoms with Crippen molar-refractivity contribution in [1.29, 1.82) is 0 Å². The van der Waals surface area contributed by atoms with Gasteiger partial charge in [0.1, 0.15) is 0 Å². The predicted molar refractivity (Wildman–Crippen MR) is 97.2 cm³/mol. The minimum absolute atomic E-state index is 0.0402. The monoisotopic (exact) mass is 380 g/mol. The molecule has 2 aliphatic carbocycles. The smallest absolute Gasteiger partial charge is 0.306 e. The summed E-state index contributed by atoms with van der Waals surface area (Å²) in [6, 6.07) is 0. The molecule has 2 aliphatic heterocycles. The van der Waals surface area contributed by atoms with Crippen molar-refractivity contribution in [3.8, 4) is 0 Å². The number of carboxylic acid groups (broad SMARTS) is 2. The van der Waals surface area contributed by atoms with Crippen molar-refractivity contribution in [2.24, 2.45) is 35.5 Å². The average molecular weight is 380 g/mol. The van der Waals surface area contributed by atoms with Crippen LogP contribution in [0.3, 0.4) is 0 Å². The Morgan fingerprint density at radius 2 is 1.37 bits per heavy atom. The molecule has 2 saturated heterocycles. The summed E-state index contributed by atoms with van der Waals surface area (Å²) in [5, 5.41) is 19.1. The molecule has 4 fully saturated rings. The summed E-state index contributed by atoms with van der Waals surface area (Å²) in [6.45, 7) is 4.49. The van der Waals surface area contributed by atoms with Gasteiger partial charge in [-0.3, -0.25) is 9.59 Å². The number of epoxide rings is 2. The van der Waals surface area contributed by atoms with Crippen molar-refractivity contribution < 1.29 is 29.3 Å². The molecule has 4 aliphatic rings. The minimum atomic E-state index is -0.851. The molecule has 2 N–H and O–H groups in total. The SMILES string of the molecule is CC1CC2OC2CC1C(C(CCCC(=O)O)C(=O)O)C1CC2OC2CC1C. The first kappa shape index (κ1) is 19.2. The third kappa shape index (κ3) is 4.02. The molecule has 6 nitrogen and oxygen atoms in total.